The van der Waals surface area contributed by atoms with E-state index in [4.69, 9.17) is 5.26 Å². The van der Waals surface area contributed by atoms with Gasteiger partial charge < -0.3 is 5.32 Å². The van der Waals surface area contributed by atoms with E-state index in [0.717, 1.165) is 15.7 Å². The van der Waals surface area contributed by atoms with E-state index in [-0.39, 0.29) is 12.6 Å². The van der Waals surface area contributed by atoms with Gasteiger partial charge >= 0.3 is 6.03 Å². The average Bonchev–Trinajstić information content (AvgIpc) is 2.23. The highest BCUT2D eigenvalue weighted by Gasteiger charge is 2.23. The van der Waals surface area contributed by atoms with E-state index in [1.165, 1.54) is 4.90 Å². The number of halogens is 1. The standard InChI is InChI=1S/C10H8BrN3O/c11-8-2-1-7-6-13-10(15)14(4-3-12)9(7)5-8/h1-2,5H,4,6H2,(H,13,15). The minimum Gasteiger partial charge on any atom is -0.334 e. The van der Waals surface area contributed by atoms with Crippen molar-refractivity contribution in [2.45, 2.75) is 6.54 Å². The first-order valence-corrected chi connectivity index (χ1v) is 5.22. The van der Waals surface area contributed by atoms with Gasteiger partial charge in [0.2, 0.25) is 0 Å². The number of rotatable bonds is 1. The maximum atomic E-state index is 11.5. The van der Waals surface area contributed by atoms with Crippen molar-refractivity contribution in [3.63, 3.8) is 0 Å². The number of nitrogens with zero attached hydrogens (tertiary/aromatic N) is 2. The summed E-state index contributed by atoms with van der Waals surface area (Å²) in [4.78, 5) is 12.9. The Morgan fingerprint density at radius 1 is 1.60 bits per heavy atom. The van der Waals surface area contributed by atoms with Crippen molar-refractivity contribution >= 4 is 27.6 Å². The second-order valence-corrected chi connectivity index (χ2v) is 4.09. The fourth-order valence-electron chi connectivity index (χ4n) is 1.54. The second-order valence-electron chi connectivity index (χ2n) is 3.18. The Labute approximate surface area is 95.6 Å². The summed E-state index contributed by atoms with van der Waals surface area (Å²) in [6.07, 6.45) is 0. The number of fused-ring (bicyclic) bond motifs is 1. The highest BCUT2D eigenvalue weighted by molar-refractivity contribution is 9.10. The number of amides is 2. The van der Waals surface area contributed by atoms with Crippen LogP contribution in [0.2, 0.25) is 0 Å². The summed E-state index contributed by atoms with van der Waals surface area (Å²) in [7, 11) is 0. The molecule has 0 bridgehead atoms. The molecule has 0 spiro atoms. The Morgan fingerprint density at radius 3 is 3.13 bits per heavy atom. The number of hydrogen-bond acceptors (Lipinski definition) is 2. The summed E-state index contributed by atoms with van der Waals surface area (Å²) in [5, 5.41) is 11.4. The molecule has 0 radical (unpaired) electrons. The van der Waals surface area contributed by atoms with Crippen LogP contribution in [-0.2, 0) is 6.54 Å². The van der Waals surface area contributed by atoms with Crippen molar-refractivity contribution in [2.75, 3.05) is 11.4 Å². The summed E-state index contributed by atoms with van der Waals surface area (Å²) in [5.41, 5.74) is 1.82. The molecule has 1 N–H and O–H groups in total. The van der Waals surface area contributed by atoms with Crippen molar-refractivity contribution in [1.29, 1.82) is 5.26 Å². The zero-order chi connectivity index (χ0) is 10.8. The smallest absolute Gasteiger partial charge is 0.323 e. The van der Waals surface area contributed by atoms with Crippen LogP contribution in [0.5, 0.6) is 0 Å². The monoisotopic (exact) mass is 265 g/mol. The molecule has 15 heavy (non-hydrogen) atoms. The summed E-state index contributed by atoms with van der Waals surface area (Å²) in [6.45, 7) is 0.582. The number of benzene rings is 1. The quantitative estimate of drug-likeness (QED) is 0.790. The summed E-state index contributed by atoms with van der Waals surface area (Å²) in [6, 6.07) is 7.46. The van der Waals surface area contributed by atoms with Gasteiger partial charge in [-0.15, -0.1) is 0 Å². The Kier molecular flexibility index (Phi) is 2.60. The molecular formula is C10H8BrN3O. The number of hydrogen-bond donors (Lipinski definition) is 1. The summed E-state index contributed by atoms with van der Waals surface area (Å²) < 4.78 is 0.902. The van der Waals surface area contributed by atoms with Gasteiger partial charge in [0, 0.05) is 11.0 Å². The molecule has 0 atom stereocenters. The minimum absolute atomic E-state index is 0.0648. The number of anilines is 1. The molecule has 5 heteroatoms. The fraction of sp³-hybridized carbons (Fsp3) is 0.200. The molecule has 1 aromatic rings. The van der Waals surface area contributed by atoms with Gasteiger partial charge in [0.15, 0.2) is 0 Å². The van der Waals surface area contributed by atoms with Gasteiger partial charge in [-0.2, -0.15) is 5.26 Å². The first-order valence-electron chi connectivity index (χ1n) is 4.43. The van der Waals surface area contributed by atoms with Crippen LogP contribution in [0, 0.1) is 11.3 Å². The van der Waals surface area contributed by atoms with Gasteiger partial charge in [-0.25, -0.2) is 4.79 Å². The Morgan fingerprint density at radius 2 is 2.40 bits per heavy atom. The van der Waals surface area contributed by atoms with E-state index in [0.29, 0.717) is 6.54 Å². The Bertz CT molecular complexity index is 452. The van der Waals surface area contributed by atoms with Crippen molar-refractivity contribution in [3.8, 4) is 6.07 Å². The highest BCUT2D eigenvalue weighted by Crippen LogP contribution is 2.27. The number of urea groups is 1. The van der Waals surface area contributed by atoms with Crippen LogP contribution in [0.3, 0.4) is 0 Å². The van der Waals surface area contributed by atoms with Gasteiger partial charge in [-0.1, -0.05) is 22.0 Å². The van der Waals surface area contributed by atoms with Crippen LogP contribution in [0.1, 0.15) is 5.56 Å². The molecule has 0 fully saturated rings. The van der Waals surface area contributed by atoms with Crippen LogP contribution >= 0.6 is 15.9 Å². The second kappa shape index (κ2) is 3.91. The predicted octanol–water partition coefficient (Wildman–Crippen LogP) is 2.00. The molecule has 4 nitrogen and oxygen atoms in total. The lowest BCUT2D eigenvalue weighted by Gasteiger charge is -2.28. The van der Waals surface area contributed by atoms with E-state index < -0.39 is 0 Å². The molecule has 0 saturated heterocycles. The third kappa shape index (κ3) is 1.81. The highest BCUT2D eigenvalue weighted by atomic mass is 79.9. The van der Waals surface area contributed by atoms with Gasteiger partial charge in [-0.3, -0.25) is 4.90 Å². The maximum Gasteiger partial charge on any atom is 0.323 e. The molecule has 0 aliphatic carbocycles. The van der Waals surface area contributed by atoms with E-state index in [9.17, 15) is 4.79 Å². The third-order valence-corrected chi connectivity index (χ3v) is 2.74. The molecule has 2 rings (SSSR count). The molecule has 0 unspecified atom stereocenters. The zero-order valence-corrected chi connectivity index (χ0v) is 9.41. The van der Waals surface area contributed by atoms with E-state index >= 15 is 0 Å². The fourth-order valence-corrected chi connectivity index (χ4v) is 1.89. The molecule has 2 amide bonds. The van der Waals surface area contributed by atoms with Crippen molar-refractivity contribution in [3.05, 3.63) is 28.2 Å². The molecule has 1 aliphatic heterocycles. The van der Waals surface area contributed by atoms with Gasteiger partial charge in [0.1, 0.15) is 6.54 Å². The molecule has 0 saturated carbocycles. The van der Waals surface area contributed by atoms with Crippen LogP contribution in [0.15, 0.2) is 22.7 Å². The van der Waals surface area contributed by atoms with E-state index in [1.807, 2.05) is 24.3 Å². The topological polar surface area (TPSA) is 56.1 Å². The molecule has 76 valence electrons. The van der Waals surface area contributed by atoms with E-state index in [2.05, 4.69) is 21.2 Å². The normalized spacial score (nSPS) is 14.1. The van der Waals surface area contributed by atoms with Crippen LogP contribution < -0.4 is 10.2 Å². The minimum atomic E-state index is -0.220. The molecule has 1 aromatic carbocycles. The van der Waals surface area contributed by atoms with Crippen LogP contribution in [-0.4, -0.2) is 12.6 Å². The lowest BCUT2D eigenvalue weighted by molar-refractivity contribution is 0.245. The summed E-state index contributed by atoms with van der Waals surface area (Å²) >= 11 is 3.35. The Balaban J connectivity index is 2.46. The molecular weight excluding hydrogens is 258 g/mol. The third-order valence-electron chi connectivity index (χ3n) is 2.24. The zero-order valence-electron chi connectivity index (χ0n) is 7.83. The van der Waals surface area contributed by atoms with E-state index in [1.54, 1.807) is 0 Å². The maximum absolute atomic E-state index is 11.5. The molecule has 1 heterocycles. The lowest BCUT2D eigenvalue weighted by Crippen LogP contribution is -2.44. The van der Waals surface area contributed by atoms with Crippen molar-refractivity contribution in [1.82, 2.24) is 5.32 Å². The Hall–Kier alpha value is -1.54. The van der Waals surface area contributed by atoms with Crippen molar-refractivity contribution < 1.29 is 4.79 Å². The molecule has 1 aliphatic rings. The van der Waals surface area contributed by atoms with Gasteiger partial charge in [-0.05, 0) is 17.7 Å². The lowest BCUT2D eigenvalue weighted by atomic mass is 10.1. The summed E-state index contributed by atoms with van der Waals surface area (Å²) in [5.74, 6) is 0. The first-order chi connectivity index (χ1) is 7.22. The van der Waals surface area contributed by atoms with Crippen molar-refractivity contribution in [2.24, 2.45) is 0 Å². The average molecular weight is 266 g/mol. The number of nitrogens with one attached hydrogen (secondary N) is 1. The number of carbonyl (C=O) groups excluding carboxylic acids is 1. The molecule has 0 aromatic heterocycles. The number of nitriles is 1. The van der Waals surface area contributed by atoms with Crippen LogP contribution in [0.25, 0.3) is 0 Å². The van der Waals surface area contributed by atoms with Gasteiger partial charge in [0.25, 0.3) is 0 Å². The first kappa shape index (κ1) is 9.99. The SMILES string of the molecule is N#CCN1C(=O)NCc2ccc(Br)cc21. The number of carbonyl (C=O) groups is 1. The van der Waals surface area contributed by atoms with Gasteiger partial charge in [0.05, 0.1) is 11.8 Å². The van der Waals surface area contributed by atoms with Crippen LogP contribution in [0.4, 0.5) is 10.5 Å². The largest absolute Gasteiger partial charge is 0.334 e. The predicted molar refractivity (Wildman–Crippen MR) is 59.3 cm³/mol.